The molecule has 1 aromatic carbocycles. The van der Waals surface area contributed by atoms with Gasteiger partial charge in [-0.15, -0.1) is 10.2 Å². The van der Waals surface area contributed by atoms with Gasteiger partial charge in [-0.1, -0.05) is 23.1 Å². The van der Waals surface area contributed by atoms with E-state index in [1.54, 1.807) is 6.26 Å². The molecule has 0 unspecified atom stereocenters. The van der Waals surface area contributed by atoms with Crippen molar-refractivity contribution in [1.29, 1.82) is 0 Å². The van der Waals surface area contributed by atoms with Gasteiger partial charge in [0.05, 0.1) is 31.3 Å². The Morgan fingerprint density at radius 2 is 2.03 bits per heavy atom. The number of benzene rings is 1. The lowest BCUT2D eigenvalue weighted by Gasteiger charge is -2.28. The molecule has 3 heterocycles. The zero-order chi connectivity index (χ0) is 20.8. The van der Waals surface area contributed by atoms with Gasteiger partial charge in [-0.3, -0.25) is 4.79 Å². The molecule has 1 aliphatic heterocycles. The molecular weight excluding hydrogens is 422 g/mol. The Morgan fingerprint density at radius 3 is 2.77 bits per heavy atom. The highest BCUT2D eigenvalue weighted by molar-refractivity contribution is 8.02. The molecular formula is C20H23N5O3S2. The quantitative estimate of drug-likeness (QED) is 0.507. The van der Waals surface area contributed by atoms with Gasteiger partial charge in [-0.25, -0.2) is 0 Å². The fraction of sp³-hybridized carbons (Fsp3) is 0.350. The molecule has 8 nitrogen and oxygen atoms in total. The molecule has 1 saturated heterocycles. The summed E-state index contributed by atoms with van der Waals surface area (Å²) >= 11 is 2.81. The van der Waals surface area contributed by atoms with Crippen LogP contribution in [0, 0.1) is 0 Å². The maximum Gasteiger partial charge on any atom is 0.237 e. The minimum absolute atomic E-state index is 0.0700. The third kappa shape index (κ3) is 5.53. The van der Waals surface area contributed by atoms with Crippen LogP contribution in [0.15, 0.2) is 51.4 Å². The van der Waals surface area contributed by atoms with Gasteiger partial charge >= 0.3 is 0 Å². The Hall–Kier alpha value is -2.56. The van der Waals surface area contributed by atoms with Crippen molar-refractivity contribution in [3.63, 3.8) is 0 Å². The first-order chi connectivity index (χ1) is 14.7. The van der Waals surface area contributed by atoms with Crippen LogP contribution in [0.5, 0.6) is 0 Å². The summed E-state index contributed by atoms with van der Waals surface area (Å²) < 4.78 is 11.4. The summed E-state index contributed by atoms with van der Waals surface area (Å²) in [6, 6.07) is 11.7. The minimum atomic E-state index is -0.296. The number of thioether (sulfide) groups is 1. The number of carbonyl (C=O) groups excluding carboxylic acids is 1. The second-order valence-corrected chi connectivity index (χ2v) is 9.27. The first-order valence-corrected chi connectivity index (χ1v) is 11.4. The Morgan fingerprint density at radius 1 is 1.23 bits per heavy atom. The number of morpholine rings is 1. The summed E-state index contributed by atoms with van der Waals surface area (Å²) in [6.45, 7) is 5.68. The lowest BCUT2D eigenvalue weighted by molar-refractivity contribution is -0.115. The number of amides is 1. The van der Waals surface area contributed by atoms with Gasteiger partial charge in [-0.05, 0) is 43.3 Å². The lowest BCUT2D eigenvalue weighted by atomic mass is 10.2. The van der Waals surface area contributed by atoms with Crippen molar-refractivity contribution < 1.29 is 13.9 Å². The van der Waals surface area contributed by atoms with Gasteiger partial charge in [0.25, 0.3) is 0 Å². The number of rotatable bonds is 8. The van der Waals surface area contributed by atoms with Crippen molar-refractivity contribution in [2.75, 3.05) is 41.8 Å². The summed E-state index contributed by atoms with van der Waals surface area (Å²) in [4.78, 5) is 14.8. The first kappa shape index (κ1) is 20.7. The third-order valence-corrected chi connectivity index (χ3v) is 6.62. The number of hydrogen-bond acceptors (Lipinski definition) is 9. The molecule has 0 bridgehead atoms. The van der Waals surface area contributed by atoms with Crippen LogP contribution < -0.4 is 15.5 Å². The number of carbonyl (C=O) groups is 1. The normalized spacial score (nSPS) is 15.0. The van der Waals surface area contributed by atoms with Gasteiger partial charge in [0.15, 0.2) is 4.34 Å². The summed E-state index contributed by atoms with van der Waals surface area (Å²) in [7, 11) is 0. The predicted molar refractivity (Wildman–Crippen MR) is 119 cm³/mol. The SMILES string of the molecule is C[C@@H](Sc1nnc(NCc2ccco2)s1)C(=O)Nc1ccc(N2CCOCC2)cc1. The molecule has 0 aliphatic carbocycles. The molecule has 2 N–H and O–H groups in total. The topological polar surface area (TPSA) is 92.5 Å². The molecule has 2 aromatic heterocycles. The van der Waals surface area contributed by atoms with Crippen LogP contribution in [0.1, 0.15) is 12.7 Å². The van der Waals surface area contributed by atoms with Crippen molar-refractivity contribution in [3.05, 3.63) is 48.4 Å². The largest absolute Gasteiger partial charge is 0.467 e. The standard InChI is InChI=1S/C20H23N5O3S2/c1-14(29-20-24-23-19(30-20)21-13-17-3-2-10-28-17)18(26)22-15-4-6-16(7-5-15)25-8-11-27-12-9-25/h2-7,10,14H,8-9,11-13H2,1H3,(H,21,23)(H,22,26)/t14-/m1/s1. The van der Waals surface area contributed by atoms with Gasteiger partial charge in [0, 0.05) is 24.5 Å². The van der Waals surface area contributed by atoms with E-state index in [1.165, 1.54) is 23.1 Å². The van der Waals surface area contributed by atoms with Crippen LogP contribution in [0.4, 0.5) is 16.5 Å². The van der Waals surface area contributed by atoms with E-state index in [4.69, 9.17) is 9.15 Å². The fourth-order valence-corrected chi connectivity index (χ4v) is 4.82. The van der Waals surface area contributed by atoms with E-state index < -0.39 is 0 Å². The molecule has 10 heteroatoms. The molecule has 4 rings (SSSR count). The molecule has 1 atom stereocenters. The molecule has 1 amide bonds. The second kappa shape index (κ2) is 9.96. The molecule has 3 aromatic rings. The molecule has 0 radical (unpaired) electrons. The Kier molecular flexibility index (Phi) is 6.88. The highest BCUT2D eigenvalue weighted by Gasteiger charge is 2.18. The number of ether oxygens (including phenoxy) is 1. The first-order valence-electron chi connectivity index (χ1n) is 9.67. The smallest absolute Gasteiger partial charge is 0.237 e. The highest BCUT2D eigenvalue weighted by Crippen LogP contribution is 2.30. The van der Waals surface area contributed by atoms with E-state index in [-0.39, 0.29) is 11.2 Å². The van der Waals surface area contributed by atoms with Gasteiger partial charge in [0.1, 0.15) is 5.76 Å². The van der Waals surface area contributed by atoms with E-state index in [9.17, 15) is 4.79 Å². The van der Waals surface area contributed by atoms with Gasteiger partial charge in [0.2, 0.25) is 11.0 Å². The van der Waals surface area contributed by atoms with E-state index in [2.05, 4.69) is 25.7 Å². The van der Waals surface area contributed by atoms with Crippen LogP contribution in [0.3, 0.4) is 0 Å². The monoisotopic (exact) mass is 445 g/mol. The van der Waals surface area contributed by atoms with Gasteiger partial charge < -0.3 is 24.7 Å². The number of hydrogen-bond donors (Lipinski definition) is 2. The number of nitrogens with one attached hydrogen (secondary N) is 2. The van der Waals surface area contributed by atoms with Crippen LogP contribution in [0.2, 0.25) is 0 Å². The van der Waals surface area contributed by atoms with E-state index in [0.29, 0.717) is 11.7 Å². The van der Waals surface area contributed by atoms with E-state index >= 15 is 0 Å². The third-order valence-electron chi connectivity index (χ3n) is 4.56. The lowest BCUT2D eigenvalue weighted by Crippen LogP contribution is -2.36. The number of nitrogens with zero attached hydrogens (tertiary/aromatic N) is 3. The summed E-state index contributed by atoms with van der Waals surface area (Å²) in [5, 5.41) is 14.8. The molecule has 1 fully saturated rings. The van der Waals surface area contributed by atoms with Crippen molar-refractivity contribution in [3.8, 4) is 0 Å². The van der Waals surface area contributed by atoms with Crippen LogP contribution in [-0.2, 0) is 16.1 Å². The fourth-order valence-electron chi connectivity index (χ4n) is 2.93. The summed E-state index contributed by atoms with van der Waals surface area (Å²) in [5.74, 6) is 0.756. The summed E-state index contributed by atoms with van der Waals surface area (Å²) in [6.07, 6.45) is 1.63. The Labute approximate surface area is 183 Å². The zero-order valence-corrected chi connectivity index (χ0v) is 18.2. The summed E-state index contributed by atoms with van der Waals surface area (Å²) in [5.41, 5.74) is 1.92. The molecule has 0 saturated carbocycles. The molecule has 30 heavy (non-hydrogen) atoms. The maximum atomic E-state index is 12.6. The number of aromatic nitrogens is 2. The average molecular weight is 446 g/mol. The Bertz CT molecular complexity index is 940. The number of anilines is 3. The van der Waals surface area contributed by atoms with Crippen LogP contribution in [0.25, 0.3) is 0 Å². The van der Waals surface area contributed by atoms with E-state index in [1.807, 2.05) is 43.3 Å². The molecule has 158 valence electrons. The van der Waals surface area contributed by atoms with Crippen molar-refractivity contribution >= 4 is 45.5 Å². The molecule has 1 aliphatic rings. The number of furan rings is 1. The van der Waals surface area contributed by atoms with Crippen LogP contribution in [-0.4, -0.2) is 47.7 Å². The molecule has 0 spiro atoms. The van der Waals surface area contributed by atoms with Crippen molar-refractivity contribution in [2.24, 2.45) is 0 Å². The van der Waals surface area contributed by atoms with Crippen molar-refractivity contribution in [2.45, 2.75) is 23.1 Å². The van der Waals surface area contributed by atoms with Gasteiger partial charge in [-0.2, -0.15) is 0 Å². The predicted octanol–water partition coefficient (Wildman–Crippen LogP) is 3.70. The minimum Gasteiger partial charge on any atom is -0.467 e. The van der Waals surface area contributed by atoms with Crippen LogP contribution >= 0.6 is 23.1 Å². The second-order valence-electron chi connectivity index (χ2n) is 6.70. The highest BCUT2D eigenvalue weighted by atomic mass is 32.2. The maximum absolute atomic E-state index is 12.6. The average Bonchev–Trinajstić information content (AvgIpc) is 3.45. The van der Waals surface area contributed by atoms with Crippen molar-refractivity contribution in [1.82, 2.24) is 10.2 Å². The van der Waals surface area contributed by atoms with E-state index in [0.717, 1.165) is 47.8 Å². The zero-order valence-electron chi connectivity index (χ0n) is 16.5. The Balaban J connectivity index is 1.26.